The number of amides is 1. The van der Waals surface area contributed by atoms with Gasteiger partial charge in [0.1, 0.15) is 5.75 Å². The van der Waals surface area contributed by atoms with Gasteiger partial charge in [0.05, 0.1) is 17.7 Å². The molecular weight excluding hydrogens is 331 g/mol. The molecule has 3 aliphatic rings. The lowest BCUT2D eigenvalue weighted by Gasteiger charge is -2.43. The third-order valence-electron chi connectivity index (χ3n) is 4.62. The van der Waals surface area contributed by atoms with E-state index < -0.39 is 20.5 Å². The maximum atomic E-state index is 12.4. The van der Waals surface area contributed by atoms with Crippen LogP contribution in [0.1, 0.15) is 36.9 Å². The Morgan fingerprint density at radius 1 is 1.50 bits per heavy atom. The van der Waals surface area contributed by atoms with Crippen LogP contribution in [0.5, 0.6) is 5.75 Å². The van der Waals surface area contributed by atoms with Crippen LogP contribution in [-0.4, -0.2) is 36.4 Å². The highest BCUT2D eigenvalue weighted by molar-refractivity contribution is 7.42. The van der Waals surface area contributed by atoms with Gasteiger partial charge in [-0.15, -0.1) is 0 Å². The van der Waals surface area contributed by atoms with Crippen molar-refractivity contribution >= 4 is 14.5 Å². The molecule has 0 N–H and O–H groups in total. The summed E-state index contributed by atoms with van der Waals surface area (Å²) in [7, 11) is -0.0217. The second kappa shape index (κ2) is 5.68. The SMILES string of the molecule is COP1OC2C(N3CCCC3=O)c3cc(C#N)ccc3OC2(C)O1. The quantitative estimate of drug-likeness (QED) is 0.764. The first-order valence-corrected chi connectivity index (χ1v) is 8.88. The predicted octanol–water partition coefficient (Wildman–Crippen LogP) is 2.62. The van der Waals surface area contributed by atoms with E-state index in [0.717, 1.165) is 12.0 Å². The lowest BCUT2D eigenvalue weighted by Crippen LogP contribution is -2.53. The van der Waals surface area contributed by atoms with Gasteiger partial charge in [-0.1, -0.05) is 0 Å². The molecule has 0 radical (unpaired) electrons. The summed E-state index contributed by atoms with van der Waals surface area (Å²) in [5.74, 6) is -0.347. The first kappa shape index (κ1) is 15.8. The van der Waals surface area contributed by atoms with Crippen LogP contribution in [0.15, 0.2) is 18.2 Å². The van der Waals surface area contributed by atoms with E-state index in [1.807, 2.05) is 4.90 Å². The van der Waals surface area contributed by atoms with Crippen LogP contribution in [0.25, 0.3) is 0 Å². The number of nitrogens with zero attached hydrogens (tertiary/aromatic N) is 2. The highest BCUT2D eigenvalue weighted by Gasteiger charge is 2.59. The molecule has 8 heteroatoms. The van der Waals surface area contributed by atoms with Crippen LogP contribution >= 0.6 is 8.60 Å². The highest BCUT2D eigenvalue weighted by Crippen LogP contribution is 2.60. The van der Waals surface area contributed by atoms with Crippen molar-refractivity contribution in [2.45, 2.75) is 37.7 Å². The molecule has 3 heterocycles. The molecule has 1 amide bonds. The Morgan fingerprint density at radius 3 is 3.00 bits per heavy atom. The van der Waals surface area contributed by atoms with Gasteiger partial charge in [0, 0.05) is 32.6 Å². The van der Waals surface area contributed by atoms with Crippen molar-refractivity contribution in [3.63, 3.8) is 0 Å². The van der Waals surface area contributed by atoms with Gasteiger partial charge >= 0.3 is 8.60 Å². The van der Waals surface area contributed by atoms with E-state index in [4.69, 9.17) is 18.3 Å². The number of hydrogen-bond acceptors (Lipinski definition) is 6. The maximum Gasteiger partial charge on any atom is 0.336 e. The largest absolute Gasteiger partial charge is 0.459 e. The number of nitriles is 1. The monoisotopic (exact) mass is 348 g/mol. The Labute approximate surface area is 141 Å². The van der Waals surface area contributed by atoms with E-state index in [1.54, 1.807) is 25.1 Å². The van der Waals surface area contributed by atoms with Gasteiger partial charge < -0.3 is 14.2 Å². The summed E-state index contributed by atoms with van der Waals surface area (Å²) in [6.07, 6.45) is 0.827. The normalized spacial score (nSPS) is 34.5. The van der Waals surface area contributed by atoms with E-state index in [2.05, 4.69) is 6.07 Å². The van der Waals surface area contributed by atoms with Crippen molar-refractivity contribution < 1.29 is 23.1 Å². The first-order chi connectivity index (χ1) is 11.6. The van der Waals surface area contributed by atoms with Crippen molar-refractivity contribution in [1.29, 1.82) is 5.26 Å². The van der Waals surface area contributed by atoms with Gasteiger partial charge in [-0.3, -0.25) is 13.8 Å². The summed E-state index contributed by atoms with van der Waals surface area (Å²) in [6.45, 7) is 2.45. The van der Waals surface area contributed by atoms with E-state index in [0.29, 0.717) is 24.3 Å². The fourth-order valence-corrected chi connectivity index (χ4v) is 4.66. The molecular formula is C16H17N2O5P. The minimum atomic E-state index is -1.54. The number of ether oxygens (including phenoxy) is 1. The molecule has 0 spiro atoms. The van der Waals surface area contributed by atoms with Crippen LogP contribution in [0.3, 0.4) is 0 Å². The van der Waals surface area contributed by atoms with Crippen molar-refractivity contribution in [3.8, 4) is 11.8 Å². The van der Waals surface area contributed by atoms with Crippen LogP contribution < -0.4 is 4.74 Å². The highest BCUT2D eigenvalue weighted by atomic mass is 31.2. The Balaban J connectivity index is 1.83. The Hall–Kier alpha value is -1.71. The molecule has 24 heavy (non-hydrogen) atoms. The van der Waals surface area contributed by atoms with Crippen LogP contribution in [0.4, 0.5) is 0 Å². The Bertz CT molecular complexity index is 736. The summed E-state index contributed by atoms with van der Waals surface area (Å²) in [4.78, 5) is 14.2. The second-order valence-corrected chi connectivity index (χ2v) is 7.35. The summed E-state index contributed by atoms with van der Waals surface area (Å²) in [5.41, 5.74) is 1.30. The van der Waals surface area contributed by atoms with E-state index in [-0.39, 0.29) is 11.9 Å². The average molecular weight is 348 g/mol. The number of benzene rings is 1. The summed E-state index contributed by atoms with van der Waals surface area (Å²) >= 11 is 0. The van der Waals surface area contributed by atoms with E-state index in [1.165, 1.54) is 7.11 Å². The van der Waals surface area contributed by atoms with Gasteiger partial charge in [0.2, 0.25) is 11.7 Å². The zero-order chi connectivity index (χ0) is 16.9. The third kappa shape index (κ3) is 2.30. The molecule has 1 aromatic carbocycles. The fraction of sp³-hybridized carbons (Fsp3) is 0.500. The molecule has 3 aliphatic heterocycles. The predicted molar refractivity (Wildman–Crippen MR) is 83.8 cm³/mol. The van der Waals surface area contributed by atoms with Crippen molar-refractivity contribution in [2.75, 3.05) is 13.7 Å². The van der Waals surface area contributed by atoms with Gasteiger partial charge in [-0.25, -0.2) is 0 Å². The zero-order valence-electron chi connectivity index (χ0n) is 13.4. The number of carbonyl (C=O) groups excluding carboxylic acids is 1. The zero-order valence-corrected chi connectivity index (χ0v) is 14.3. The Morgan fingerprint density at radius 2 is 2.33 bits per heavy atom. The molecule has 1 aromatic rings. The number of hydrogen-bond donors (Lipinski definition) is 0. The first-order valence-electron chi connectivity index (χ1n) is 7.78. The van der Waals surface area contributed by atoms with E-state index in [9.17, 15) is 10.1 Å². The molecule has 0 bridgehead atoms. The maximum absolute atomic E-state index is 12.4. The molecule has 0 aliphatic carbocycles. The van der Waals surface area contributed by atoms with E-state index >= 15 is 0 Å². The molecule has 2 saturated heterocycles. The van der Waals surface area contributed by atoms with Crippen LogP contribution in [-0.2, 0) is 18.4 Å². The second-order valence-electron chi connectivity index (χ2n) is 6.14. The minimum Gasteiger partial charge on any atom is -0.459 e. The molecule has 4 rings (SSSR count). The number of fused-ring (bicyclic) bond motifs is 2. The van der Waals surface area contributed by atoms with Gasteiger partial charge in [-0.2, -0.15) is 5.26 Å². The minimum absolute atomic E-state index is 0.0785. The smallest absolute Gasteiger partial charge is 0.336 e. The van der Waals surface area contributed by atoms with Gasteiger partial charge in [0.25, 0.3) is 0 Å². The number of likely N-dealkylation sites (tertiary alicyclic amines) is 1. The molecule has 126 valence electrons. The van der Waals surface area contributed by atoms with Gasteiger partial charge in [0.15, 0.2) is 6.10 Å². The lowest BCUT2D eigenvalue weighted by atomic mass is 9.90. The van der Waals surface area contributed by atoms with Gasteiger partial charge in [-0.05, 0) is 24.6 Å². The van der Waals surface area contributed by atoms with Crippen molar-refractivity contribution in [2.24, 2.45) is 0 Å². The molecule has 7 nitrogen and oxygen atoms in total. The summed E-state index contributed by atoms with van der Waals surface area (Å²) in [5, 5.41) is 9.22. The van der Waals surface area contributed by atoms with Crippen LogP contribution in [0, 0.1) is 11.3 Å². The summed E-state index contributed by atoms with van der Waals surface area (Å²) in [6, 6.07) is 6.99. The van der Waals surface area contributed by atoms with Crippen molar-refractivity contribution in [1.82, 2.24) is 4.90 Å². The van der Waals surface area contributed by atoms with Crippen molar-refractivity contribution in [3.05, 3.63) is 29.3 Å². The molecule has 0 aromatic heterocycles. The molecule has 4 unspecified atom stereocenters. The summed E-state index contributed by atoms with van der Waals surface area (Å²) < 4.78 is 23.1. The number of rotatable bonds is 2. The Kier molecular flexibility index (Phi) is 3.74. The molecule has 0 saturated carbocycles. The third-order valence-corrected chi connectivity index (χ3v) is 5.83. The molecule has 4 atom stereocenters. The fourth-order valence-electron chi connectivity index (χ4n) is 3.53. The average Bonchev–Trinajstić information content (AvgIpc) is 3.14. The van der Waals surface area contributed by atoms with Crippen LogP contribution in [0.2, 0.25) is 0 Å². The number of carbonyl (C=O) groups is 1. The standard InChI is InChI=1S/C16H17N2O5P/c1-16-15(22-24(20-2)23-16)14(18-7-3-4-13(18)19)11-8-10(9-17)5-6-12(11)21-16/h5-6,8,14-15H,3-4,7H2,1-2H3. The topological polar surface area (TPSA) is 81.0 Å². The molecule has 2 fully saturated rings. The lowest BCUT2D eigenvalue weighted by molar-refractivity contribution is -0.160.